The Morgan fingerprint density at radius 3 is 1.49 bits per heavy atom. The van der Waals surface area contributed by atoms with Crippen molar-refractivity contribution in [1.82, 2.24) is 13.7 Å². The lowest BCUT2D eigenvalue weighted by Crippen LogP contribution is -2.56. The maximum Gasteiger partial charge on any atom is 0.337 e. The van der Waals surface area contributed by atoms with Crippen molar-refractivity contribution in [3.05, 3.63) is 31.5 Å². The number of hydrogen-bond donors (Lipinski definition) is 1. The summed E-state index contributed by atoms with van der Waals surface area (Å²) >= 11 is 0. The Labute approximate surface area is 196 Å². The molecule has 4 unspecified atom stereocenters. The molecular weight excluding hydrogens is 474 g/mol. The van der Waals surface area contributed by atoms with Gasteiger partial charge in [-0.3, -0.25) is 14.4 Å². The summed E-state index contributed by atoms with van der Waals surface area (Å²) in [6.45, 7) is -1.91. The molecule has 1 aromatic heterocycles. The first-order chi connectivity index (χ1) is 16.7. The molecular formula is C20H25N3O12. The Morgan fingerprint density at radius 2 is 1.14 bits per heavy atom. The highest BCUT2D eigenvalue weighted by atomic mass is 16.6. The Morgan fingerprint density at radius 1 is 0.771 bits per heavy atom. The normalized spacial score (nSPS) is 23.9. The van der Waals surface area contributed by atoms with Crippen LogP contribution in [0.15, 0.2) is 14.4 Å². The van der Waals surface area contributed by atoms with Crippen molar-refractivity contribution in [2.24, 2.45) is 5.92 Å². The Bertz CT molecular complexity index is 1090. The minimum Gasteiger partial charge on any atom is -0.464 e. The van der Waals surface area contributed by atoms with E-state index in [0.29, 0.717) is 39.8 Å². The summed E-state index contributed by atoms with van der Waals surface area (Å²) in [7, 11) is 0. The van der Waals surface area contributed by atoms with Crippen molar-refractivity contribution >= 4 is 17.9 Å². The van der Waals surface area contributed by atoms with E-state index in [1.807, 2.05) is 0 Å². The SMILES string of the molecule is O=C(Cn1c(=O)n(CC(=O)OCC2CO2)c(=O)n(CC(=O)OCC2CO2)c1=O)OCCC1CC1O. The molecule has 15 heteroatoms. The highest BCUT2D eigenvalue weighted by Crippen LogP contribution is 2.32. The average Bonchev–Trinajstić information content (AvgIpc) is 3.68. The molecule has 0 bridgehead atoms. The zero-order chi connectivity index (χ0) is 25.1. The van der Waals surface area contributed by atoms with E-state index >= 15 is 0 Å². The molecule has 1 N–H and O–H groups in total. The van der Waals surface area contributed by atoms with Crippen molar-refractivity contribution in [3.63, 3.8) is 0 Å². The highest BCUT2D eigenvalue weighted by molar-refractivity contribution is 5.70. The van der Waals surface area contributed by atoms with Crippen LogP contribution in [0.5, 0.6) is 0 Å². The largest absolute Gasteiger partial charge is 0.464 e. The molecule has 1 saturated carbocycles. The first-order valence-corrected chi connectivity index (χ1v) is 11.1. The number of aliphatic hydroxyl groups is 1. The fourth-order valence-electron chi connectivity index (χ4n) is 3.18. The number of ether oxygens (including phenoxy) is 5. The molecule has 0 spiro atoms. The van der Waals surface area contributed by atoms with Gasteiger partial charge in [0.25, 0.3) is 0 Å². The first kappa shape index (κ1) is 24.8. The molecule has 0 aromatic carbocycles. The van der Waals surface area contributed by atoms with Crippen LogP contribution >= 0.6 is 0 Å². The van der Waals surface area contributed by atoms with E-state index in [9.17, 15) is 33.9 Å². The molecule has 35 heavy (non-hydrogen) atoms. The highest BCUT2D eigenvalue weighted by Gasteiger charge is 2.34. The minimum absolute atomic E-state index is 0.0313. The number of rotatable bonds is 13. The van der Waals surface area contributed by atoms with E-state index in [1.54, 1.807) is 0 Å². The predicted molar refractivity (Wildman–Crippen MR) is 110 cm³/mol. The van der Waals surface area contributed by atoms with E-state index in [-0.39, 0.29) is 37.9 Å². The van der Waals surface area contributed by atoms with Crippen LogP contribution in [0.4, 0.5) is 0 Å². The van der Waals surface area contributed by atoms with Crippen molar-refractivity contribution in [2.75, 3.05) is 33.0 Å². The average molecular weight is 499 g/mol. The molecule has 0 radical (unpaired) electrons. The summed E-state index contributed by atoms with van der Waals surface area (Å²) < 4.78 is 25.9. The number of hydrogen-bond acceptors (Lipinski definition) is 12. The van der Waals surface area contributed by atoms with Gasteiger partial charge in [0.1, 0.15) is 45.1 Å². The van der Waals surface area contributed by atoms with E-state index in [1.165, 1.54) is 0 Å². The lowest BCUT2D eigenvalue weighted by molar-refractivity contribution is -0.145. The number of aliphatic hydroxyl groups excluding tert-OH is 1. The number of carbonyl (C=O) groups excluding carboxylic acids is 3. The molecule has 2 aliphatic heterocycles. The fourth-order valence-corrected chi connectivity index (χ4v) is 3.18. The van der Waals surface area contributed by atoms with Crippen LogP contribution in [0, 0.1) is 5.92 Å². The monoisotopic (exact) mass is 499 g/mol. The lowest BCUT2D eigenvalue weighted by atomic mass is 10.3. The number of epoxide rings is 2. The summed E-state index contributed by atoms with van der Waals surface area (Å²) in [6.07, 6.45) is 0.0950. The topological polar surface area (TPSA) is 190 Å². The maximum absolute atomic E-state index is 12.8. The summed E-state index contributed by atoms with van der Waals surface area (Å²) in [5.74, 6) is -2.81. The molecule has 2 saturated heterocycles. The van der Waals surface area contributed by atoms with Gasteiger partial charge in [0.2, 0.25) is 0 Å². The van der Waals surface area contributed by atoms with Crippen molar-refractivity contribution in [3.8, 4) is 0 Å². The molecule has 3 aliphatic rings. The Balaban J connectivity index is 1.51. The van der Waals surface area contributed by atoms with Gasteiger partial charge in [-0.05, 0) is 18.8 Å². The van der Waals surface area contributed by atoms with Gasteiger partial charge in [0, 0.05) is 0 Å². The summed E-state index contributed by atoms with van der Waals surface area (Å²) in [5, 5.41) is 9.32. The molecule has 4 rings (SSSR count). The number of aromatic nitrogens is 3. The summed E-state index contributed by atoms with van der Waals surface area (Å²) in [4.78, 5) is 75.0. The van der Waals surface area contributed by atoms with Gasteiger partial charge in [-0.1, -0.05) is 0 Å². The van der Waals surface area contributed by atoms with Gasteiger partial charge in [-0.25, -0.2) is 28.1 Å². The smallest absolute Gasteiger partial charge is 0.337 e. The molecule has 192 valence electrons. The summed E-state index contributed by atoms with van der Waals surface area (Å²) in [5.41, 5.74) is -3.73. The van der Waals surface area contributed by atoms with Gasteiger partial charge >= 0.3 is 35.0 Å². The quantitative estimate of drug-likeness (QED) is 0.159. The van der Waals surface area contributed by atoms with Crippen LogP contribution < -0.4 is 17.1 Å². The Kier molecular flexibility index (Phi) is 7.47. The number of nitrogens with zero attached hydrogens (tertiary/aromatic N) is 3. The van der Waals surface area contributed by atoms with Gasteiger partial charge in [0.05, 0.1) is 25.9 Å². The summed E-state index contributed by atoms with van der Waals surface area (Å²) in [6, 6.07) is 0. The second-order valence-electron chi connectivity index (χ2n) is 8.46. The third-order valence-electron chi connectivity index (χ3n) is 5.55. The van der Waals surface area contributed by atoms with Crippen LogP contribution in [-0.2, 0) is 57.7 Å². The van der Waals surface area contributed by atoms with Crippen molar-refractivity contribution < 1.29 is 43.2 Å². The third-order valence-corrected chi connectivity index (χ3v) is 5.55. The predicted octanol–water partition coefficient (Wildman–Crippen LogP) is -3.63. The first-order valence-electron chi connectivity index (χ1n) is 11.1. The number of carbonyl (C=O) groups is 3. The van der Waals surface area contributed by atoms with Gasteiger partial charge < -0.3 is 28.8 Å². The van der Waals surface area contributed by atoms with Gasteiger partial charge in [0.15, 0.2) is 0 Å². The molecule has 1 aromatic rings. The number of esters is 3. The fraction of sp³-hybridized carbons (Fsp3) is 0.700. The van der Waals surface area contributed by atoms with E-state index in [0.717, 1.165) is 0 Å². The molecule has 0 amide bonds. The molecule has 4 atom stereocenters. The molecule has 15 nitrogen and oxygen atoms in total. The second-order valence-corrected chi connectivity index (χ2v) is 8.46. The zero-order valence-corrected chi connectivity index (χ0v) is 18.7. The molecule has 3 fully saturated rings. The van der Waals surface area contributed by atoms with Crippen LogP contribution in [0.25, 0.3) is 0 Å². The maximum atomic E-state index is 12.8. The van der Waals surface area contributed by atoms with E-state index in [2.05, 4.69) is 0 Å². The zero-order valence-electron chi connectivity index (χ0n) is 18.7. The van der Waals surface area contributed by atoms with Crippen LogP contribution in [0.2, 0.25) is 0 Å². The lowest BCUT2D eigenvalue weighted by Gasteiger charge is -2.13. The van der Waals surface area contributed by atoms with Crippen LogP contribution in [-0.4, -0.2) is 88.1 Å². The second kappa shape index (κ2) is 10.5. The van der Waals surface area contributed by atoms with E-state index < -0.39 is 60.7 Å². The minimum atomic E-state index is -1.25. The Hall–Kier alpha value is -3.30. The van der Waals surface area contributed by atoms with Gasteiger partial charge in [-0.15, -0.1) is 0 Å². The van der Waals surface area contributed by atoms with Crippen molar-refractivity contribution in [1.29, 1.82) is 0 Å². The van der Waals surface area contributed by atoms with Crippen LogP contribution in [0.1, 0.15) is 12.8 Å². The van der Waals surface area contributed by atoms with Gasteiger partial charge in [-0.2, -0.15) is 0 Å². The van der Waals surface area contributed by atoms with Crippen molar-refractivity contribution in [2.45, 2.75) is 50.8 Å². The third kappa shape index (κ3) is 6.86. The molecule has 3 heterocycles. The molecule has 1 aliphatic carbocycles. The standard InChI is InChI=1S/C20H25N3O12/c24-14-3-11(14)1-2-31-15(25)4-21-18(28)22(5-16(26)34-9-12-7-32-12)20(30)23(19(21)29)6-17(27)35-10-13-8-33-13/h11-14,24H,1-10H2. The van der Waals surface area contributed by atoms with Crippen LogP contribution in [0.3, 0.4) is 0 Å². The van der Waals surface area contributed by atoms with E-state index in [4.69, 9.17) is 23.7 Å².